The molecule has 1 amide bonds. The molecule has 4 aromatic rings. The Kier molecular flexibility index (Phi) is 2.76. The number of imidazole rings is 1. The van der Waals surface area contributed by atoms with E-state index in [0.29, 0.717) is 13.0 Å². The molecule has 0 fully saturated rings. The number of fused-ring (bicyclic) bond motifs is 4. The molecule has 1 aliphatic heterocycles. The van der Waals surface area contributed by atoms with Gasteiger partial charge in [0, 0.05) is 23.8 Å². The van der Waals surface area contributed by atoms with Gasteiger partial charge in [0.2, 0.25) is 5.91 Å². The quantitative estimate of drug-likeness (QED) is 0.567. The number of rotatable bonds is 1. The van der Waals surface area contributed by atoms with Gasteiger partial charge < -0.3 is 14.7 Å². The molecule has 5 heteroatoms. The lowest BCUT2D eigenvalue weighted by atomic mass is 9.96. The second kappa shape index (κ2) is 4.96. The summed E-state index contributed by atoms with van der Waals surface area (Å²) in [5, 5.41) is 4.13. The van der Waals surface area contributed by atoms with E-state index in [-0.39, 0.29) is 11.8 Å². The minimum absolute atomic E-state index is 0.0349. The molecular weight excluding hydrogens is 300 g/mol. The Bertz CT molecular complexity index is 1040. The van der Waals surface area contributed by atoms with E-state index in [0.717, 1.165) is 33.6 Å². The van der Waals surface area contributed by atoms with Crippen molar-refractivity contribution in [3.63, 3.8) is 0 Å². The molecule has 1 aromatic carbocycles. The van der Waals surface area contributed by atoms with Gasteiger partial charge in [-0.2, -0.15) is 0 Å². The van der Waals surface area contributed by atoms with Crippen molar-refractivity contribution in [3.05, 3.63) is 71.8 Å². The number of hydrogen-bond donors (Lipinski definition) is 2. The third-order valence-corrected chi connectivity index (χ3v) is 4.74. The fraction of sp³-hybridized carbons (Fsp3) is 0.158. The van der Waals surface area contributed by atoms with Gasteiger partial charge in [0.15, 0.2) is 0 Å². The minimum atomic E-state index is -0.0349. The Balaban J connectivity index is 1.76. The number of hydrogen-bond acceptors (Lipinski definition) is 2. The van der Waals surface area contributed by atoms with Crippen LogP contribution in [0.25, 0.3) is 16.6 Å². The number of carbonyl (C=O) groups is 1. The van der Waals surface area contributed by atoms with Gasteiger partial charge in [-0.05, 0) is 29.7 Å². The van der Waals surface area contributed by atoms with E-state index in [2.05, 4.69) is 32.9 Å². The van der Waals surface area contributed by atoms with Crippen LogP contribution in [0.5, 0.6) is 0 Å². The van der Waals surface area contributed by atoms with E-state index in [9.17, 15) is 4.79 Å². The number of nitrogens with one attached hydrogen (secondary N) is 2. The highest BCUT2D eigenvalue weighted by molar-refractivity contribution is 5.82. The molecule has 3 aromatic heterocycles. The van der Waals surface area contributed by atoms with Crippen LogP contribution in [-0.2, 0) is 11.3 Å². The zero-order valence-corrected chi connectivity index (χ0v) is 13.0. The third-order valence-electron chi connectivity index (χ3n) is 4.74. The first-order chi connectivity index (χ1) is 11.8. The Morgan fingerprint density at radius 3 is 2.92 bits per heavy atom. The lowest BCUT2D eigenvalue weighted by molar-refractivity contribution is -0.121. The number of carbonyl (C=O) groups excluding carboxylic acids is 1. The summed E-state index contributed by atoms with van der Waals surface area (Å²) in [5.74, 6) is 0.0219. The van der Waals surface area contributed by atoms with E-state index in [1.165, 1.54) is 0 Å². The van der Waals surface area contributed by atoms with Crippen molar-refractivity contribution in [2.24, 2.45) is 0 Å². The van der Waals surface area contributed by atoms with Crippen LogP contribution < -0.4 is 5.32 Å². The summed E-state index contributed by atoms with van der Waals surface area (Å²) in [5.41, 5.74) is 5.10. The van der Waals surface area contributed by atoms with Gasteiger partial charge >= 0.3 is 0 Å². The number of benzene rings is 1. The topological polar surface area (TPSA) is 62.2 Å². The summed E-state index contributed by atoms with van der Waals surface area (Å²) < 4.78 is 2.10. The van der Waals surface area contributed by atoms with Crippen LogP contribution in [-0.4, -0.2) is 20.3 Å². The average molecular weight is 316 g/mol. The molecule has 5 nitrogen and oxygen atoms in total. The number of H-pyrrole nitrogens is 1. The first-order valence-corrected chi connectivity index (χ1v) is 8.10. The smallest absolute Gasteiger partial charge is 0.221 e. The number of nitrogens with zero attached hydrogens (tertiary/aromatic N) is 2. The van der Waals surface area contributed by atoms with Gasteiger partial charge in [0.05, 0.1) is 23.9 Å². The fourth-order valence-electron chi connectivity index (χ4n) is 3.64. The van der Waals surface area contributed by atoms with Crippen LogP contribution >= 0.6 is 0 Å². The highest BCUT2D eigenvalue weighted by Crippen LogP contribution is 2.34. The van der Waals surface area contributed by atoms with E-state index in [4.69, 9.17) is 4.98 Å². The Labute approximate surface area is 138 Å². The summed E-state index contributed by atoms with van der Waals surface area (Å²) >= 11 is 0. The molecule has 0 bridgehead atoms. The Morgan fingerprint density at radius 2 is 2.00 bits per heavy atom. The molecule has 1 atom stereocenters. The molecule has 1 aliphatic rings. The predicted octanol–water partition coefficient (Wildman–Crippen LogP) is 2.97. The molecule has 0 radical (unpaired) electrons. The highest BCUT2D eigenvalue weighted by Gasteiger charge is 2.29. The maximum absolute atomic E-state index is 12.2. The molecule has 0 spiro atoms. The van der Waals surface area contributed by atoms with Gasteiger partial charge in [-0.1, -0.05) is 24.3 Å². The van der Waals surface area contributed by atoms with Crippen LogP contribution in [0.4, 0.5) is 0 Å². The molecule has 5 rings (SSSR count). The van der Waals surface area contributed by atoms with Crippen molar-refractivity contribution >= 4 is 22.5 Å². The van der Waals surface area contributed by atoms with E-state index < -0.39 is 0 Å². The Hall–Kier alpha value is -3.08. The van der Waals surface area contributed by atoms with Crippen molar-refractivity contribution in [1.82, 2.24) is 19.7 Å². The molecule has 0 saturated heterocycles. The largest absolute Gasteiger partial charge is 0.358 e. The van der Waals surface area contributed by atoms with Crippen molar-refractivity contribution in [1.29, 1.82) is 0 Å². The second-order valence-corrected chi connectivity index (χ2v) is 6.22. The van der Waals surface area contributed by atoms with E-state index >= 15 is 0 Å². The standard InChI is InChI=1S/C19H16N4O/c24-18-10-13(15-9-12-5-1-2-6-14(12)21-15)19-16(11-20-18)22-17-7-3-4-8-23(17)19/h1-9,13,21H,10-11H2,(H,20,24). The summed E-state index contributed by atoms with van der Waals surface area (Å²) in [7, 11) is 0. The first kappa shape index (κ1) is 13.4. The summed E-state index contributed by atoms with van der Waals surface area (Å²) in [6.45, 7) is 0.479. The fourth-order valence-corrected chi connectivity index (χ4v) is 3.64. The number of amides is 1. The monoisotopic (exact) mass is 316 g/mol. The lowest BCUT2D eigenvalue weighted by Crippen LogP contribution is -2.21. The number of aromatic nitrogens is 3. The number of aromatic amines is 1. The molecule has 0 saturated carbocycles. The lowest BCUT2D eigenvalue weighted by Gasteiger charge is -2.13. The SMILES string of the molecule is O=C1CC(c2cc3ccccc3[nH]2)c2c(nc3ccccn23)CN1. The van der Waals surface area contributed by atoms with Crippen LogP contribution in [0.2, 0.25) is 0 Å². The summed E-state index contributed by atoms with van der Waals surface area (Å²) in [6.07, 6.45) is 2.44. The van der Waals surface area contributed by atoms with Gasteiger partial charge in [0.1, 0.15) is 5.65 Å². The molecule has 4 heterocycles. The van der Waals surface area contributed by atoms with Gasteiger partial charge in [0.25, 0.3) is 0 Å². The molecule has 118 valence electrons. The predicted molar refractivity (Wildman–Crippen MR) is 91.8 cm³/mol. The Morgan fingerprint density at radius 1 is 1.12 bits per heavy atom. The van der Waals surface area contributed by atoms with Crippen molar-refractivity contribution in [3.8, 4) is 0 Å². The highest BCUT2D eigenvalue weighted by atomic mass is 16.1. The summed E-state index contributed by atoms with van der Waals surface area (Å²) in [6, 6.07) is 16.3. The molecule has 0 aliphatic carbocycles. The molecule has 2 N–H and O–H groups in total. The van der Waals surface area contributed by atoms with Crippen molar-refractivity contribution < 1.29 is 4.79 Å². The summed E-state index contributed by atoms with van der Waals surface area (Å²) in [4.78, 5) is 20.4. The zero-order valence-electron chi connectivity index (χ0n) is 13.0. The minimum Gasteiger partial charge on any atom is -0.358 e. The molecular formula is C19H16N4O. The van der Waals surface area contributed by atoms with E-state index in [1.54, 1.807) is 0 Å². The van der Waals surface area contributed by atoms with Crippen LogP contribution in [0.1, 0.15) is 29.4 Å². The van der Waals surface area contributed by atoms with Crippen molar-refractivity contribution in [2.75, 3.05) is 0 Å². The van der Waals surface area contributed by atoms with E-state index in [1.807, 2.05) is 36.5 Å². The van der Waals surface area contributed by atoms with Gasteiger partial charge in [-0.25, -0.2) is 4.98 Å². The van der Waals surface area contributed by atoms with Gasteiger partial charge in [-0.3, -0.25) is 4.79 Å². The maximum Gasteiger partial charge on any atom is 0.221 e. The van der Waals surface area contributed by atoms with Crippen molar-refractivity contribution in [2.45, 2.75) is 18.9 Å². The van der Waals surface area contributed by atoms with Gasteiger partial charge in [-0.15, -0.1) is 0 Å². The molecule has 1 unspecified atom stereocenters. The number of pyridine rings is 1. The first-order valence-electron chi connectivity index (χ1n) is 8.10. The zero-order chi connectivity index (χ0) is 16.1. The second-order valence-electron chi connectivity index (χ2n) is 6.22. The molecule has 24 heavy (non-hydrogen) atoms. The third kappa shape index (κ3) is 1.94. The van der Waals surface area contributed by atoms with Crippen LogP contribution in [0, 0.1) is 0 Å². The number of para-hydroxylation sites is 1. The van der Waals surface area contributed by atoms with Crippen LogP contribution in [0.3, 0.4) is 0 Å². The average Bonchev–Trinajstić information content (AvgIpc) is 3.15. The maximum atomic E-state index is 12.2. The van der Waals surface area contributed by atoms with Crippen LogP contribution in [0.15, 0.2) is 54.7 Å². The normalized spacial score (nSPS) is 17.7.